The number of aliphatic hydroxyl groups is 1. The number of ketones is 1. The summed E-state index contributed by atoms with van der Waals surface area (Å²) >= 11 is 0. The van der Waals surface area contributed by atoms with Crippen molar-refractivity contribution in [1.82, 2.24) is 98.2 Å². The third-order valence-electron chi connectivity index (χ3n) is 15.4. The van der Waals surface area contributed by atoms with E-state index in [9.17, 15) is 24.0 Å². The largest absolute Gasteiger partial charge is 0.512 e. The maximum absolute atomic E-state index is 11.0. The van der Waals surface area contributed by atoms with Crippen molar-refractivity contribution in [2.24, 2.45) is 103 Å². The predicted octanol–water partition coefficient (Wildman–Crippen LogP) is 17.3. The second kappa shape index (κ2) is 74.5. The number of nitrogens with two attached hydrogens (primary N) is 4. The molecule has 716 valence electrons. The monoisotopic (exact) mass is 1740 g/mol. The van der Waals surface area contributed by atoms with Crippen LogP contribution >= 0.6 is 0 Å². The van der Waals surface area contributed by atoms with Gasteiger partial charge in [-0.15, -0.1) is 20.4 Å². The lowest BCUT2D eigenvalue weighted by atomic mass is 9.99. The number of carbonyl (C=O) groups is 5. The molecular weight excluding hydrogens is 1560 g/mol. The van der Waals surface area contributed by atoms with Gasteiger partial charge in [-0.05, 0) is 115 Å². The standard InChI is InChI=1S/2C9H16N2.2C8H16O.C7H14N4.2C7H16N2.2C7H15NO.C5H11N3.2C4H8N4.2C4H9NO/c2*1-6(2)8-5-10-9(11-8)7(3)4;2*1-6(2)5-8(9)7(3)4;1-5(2)7-8-10-11(9-7)6(3)4;2*1-5(2)7(8)9-6(3)4;2*1-5(2)7(9)8-6(3)4;1-4(2)5-3-6-8-7-5;2*1-3(2)4-5-7-8-6-4;2*1-3(2)4(5)6/h2*5-7H,1-4H3,(H,10,11);6-7H,5H2,1-4H3;5-7,9H,1-4H3;5-6H,1-4H3;2*5-6H,1-4H3,(H2,8,9);2*5-6H,1-4H3,(H,8,9);4,6,8H,3H2,1-2H3;2*3H,1-2H3,(H,5,6,7,8);2*3H,1-2H3,(H2,5,6)/p+1/b;;;8-5-;;;;;;;;;;. The van der Waals surface area contributed by atoms with E-state index in [1.165, 1.54) is 17.1 Å². The first kappa shape index (κ1) is 130. The van der Waals surface area contributed by atoms with Crippen molar-refractivity contribution in [3.63, 3.8) is 0 Å². The van der Waals surface area contributed by atoms with E-state index in [-0.39, 0.29) is 71.2 Å². The minimum Gasteiger partial charge on any atom is -0.512 e. The van der Waals surface area contributed by atoms with E-state index < -0.39 is 0 Å². The van der Waals surface area contributed by atoms with Crippen molar-refractivity contribution in [1.29, 1.82) is 0 Å². The fourth-order valence-electron chi connectivity index (χ4n) is 7.02. The highest BCUT2D eigenvalue weighted by Gasteiger charge is 2.17. The van der Waals surface area contributed by atoms with Gasteiger partial charge in [0, 0.05) is 131 Å². The van der Waals surface area contributed by atoms with Crippen molar-refractivity contribution in [3.05, 3.63) is 64.7 Å². The van der Waals surface area contributed by atoms with Gasteiger partial charge >= 0.3 is 5.82 Å². The van der Waals surface area contributed by atoms with Gasteiger partial charge in [-0.2, -0.15) is 15.5 Å². The number of hydrazone groups is 1. The van der Waals surface area contributed by atoms with E-state index in [1.807, 2.05) is 185 Å². The molecule has 5 aromatic rings. The number of primary amides is 2. The highest BCUT2D eigenvalue weighted by atomic mass is 16.3. The molecule has 5 aromatic heterocycles. The number of rotatable bonds is 24. The van der Waals surface area contributed by atoms with Crippen LogP contribution in [0.3, 0.4) is 0 Å². The Morgan fingerprint density at radius 3 is 0.894 bits per heavy atom. The molecule has 0 bridgehead atoms. The van der Waals surface area contributed by atoms with Crippen LogP contribution in [-0.4, -0.2) is 159 Å². The molecule has 1 aliphatic heterocycles. The molecule has 0 atom stereocenters. The Morgan fingerprint density at radius 2 is 0.780 bits per heavy atom. The first-order valence-corrected chi connectivity index (χ1v) is 44.5. The highest BCUT2D eigenvalue weighted by Crippen LogP contribution is 2.17. The van der Waals surface area contributed by atoms with Crippen molar-refractivity contribution in [2.45, 2.75) is 397 Å². The number of nitrogens with zero attached hydrogens (tertiary/aromatic N) is 14. The quantitative estimate of drug-likeness (QED) is 0.0118. The first-order chi connectivity index (χ1) is 56.2. The maximum atomic E-state index is 11.0. The van der Waals surface area contributed by atoms with Crippen molar-refractivity contribution >= 4 is 46.8 Å². The summed E-state index contributed by atoms with van der Waals surface area (Å²) in [6, 6.07) is 1.54. The number of Topliss-reactive ketones (excluding diaryl/α,β-unsaturated/α-hetero) is 1. The summed E-state index contributed by atoms with van der Waals surface area (Å²) in [7, 11) is 0. The number of amides is 4. The van der Waals surface area contributed by atoms with Crippen LogP contribution in [0, 0.1) is 65.1 Å². The Hall–Kier alpha value is -8.91. The number of hydrogen-bond acceptors (Lipinski definition) is 21. The second-order valence-electron chi connectivity index (χ2n) is 37.0. The summed E-state index contributed by atoms with van der Waals surface area (Å²) in [6.07, 6.45) is 6.47. The molecule has 33 heteroatoms. The van der Waals surface area contributed by atoms with E-state index in [1.54, 1.807) is 32.5 Å². The lowest BCUT2D eigenvalue weighted by Crippen LogP contribution is -2.41. The van der Waals surface area contributed by atoms with E-state index in [4.69, 9.17) is 28.0 Å². The number of hydrogen-bond donors (Lipinski definition) is 14. The van der Waals surface area contributed by atoms with Gasteiger partial charge in [0.05, 0.1) is 34.8 Å². The summed E-state index contributed by atoms with van der Waals surface area (Å²) in [5.41, 5.74) is 30.0. The van der Waals surface area contributed by atoms with Gasteiger partial charge in [-0.25, -0.2) is 20.9 Å². The Bertz CT molecular complexity index is 3120. The van der Waals surface area contributed by atoms with Gasteiger partial charge < -0.3 is 48.6 Å². The lowest BCUT2D eigenvalue weighted by Gasteiger charge is -2.09. The molecule has 4 amide bonds. The summed E-state index contributed by atoms with van der Waals surface area (Å²) in [5, 5.41) is 56.6. The lowest BCUT2D eigenvalue weighted by molar-refractivity contribution is -0.821. The van der Waals surface area contributed by atoms with E-state index >= 15 is 0 Å². The van der Waals surface area contributed by atoms with Crippen LogP contribution in [0.5, 0.6) is 0 Å². The number of nitrogens with one attached hydrogen (secondary N) is 9. The summed E-state index contributed by atoms with van der Waals surface area (Å²) in [6.45, 7) is 93.6. The Kier molecular flexibility index (Phi) is 78.5. The van der Waals surface area contributed by atoms with Crippen LogP contribution < -0.4 is 49.3 Å². The van der Waals surface area contributed by atoms with Crippen LogP contribution in [-0.2, 0) is 24.0 Å². The number of amidine groups is 2. The van der Waals surface area contributed by atoms with Crippen LogP contribution in [0.2, 0.25) is 0 Å². The number of allylic oxidation sites excluding steroid dienone is 2. The molecule has 0 fully saturated rings. The third kappa shape index (κ3) is 81.2. The number of aromatic amines is 5. The number of aromatic nitrogens is 16. The van der Waals surface area contributed by atoms with E-state index in [2.05, 4.69) is 238 Å². The van der Waals surface area contributed by atoms with Gasteiger partial charge in [0.1, 0.15) is 23.5 Å². The molecule has 0 spiro atoms. The molecule has 0 unspecified atom stereocenters. The molecule has 1 aliphatic rings. The van der Waals surface area contributed by atoms with Crippen molar-refractivity contribution in [3.8, 4) is 0 Å². The normalized spacial score (nSPS) is 11.8. The average Bonchev–Trinajstić information content (AvgIpc) is 1.76. The number of aliphatic imine (C=N–C) groups is 2. The first-order valence-electron chi connectivity index (χ1n) is 44.5. The van der Waals surface area contributed by atoms with Crippen LogP contribution in [0.15, 0.2) is 39.3 Å². The zero-order valence-corrected chi connectivity index (χ0v) is 86.0. The number of aliphatic hydroxyl groups excluding tert-OH is 1. The molecule has 0 aromatic carbocycles. The van der Waals surface area contributed by atoms with Gasteiger partial charge in [0.2, 0.25) is 23.6 Å². The molecule has 0 saturated heterocycles. The fourth-order valence-corrected chi connectivity index (χ4v) is 7.02. The van der Waals surface area contributed by atoms with Crippen molar-refractivity contribution < 1.29 is 33.9 Å². The summed E-state index contributed by atoms with van der Waals surface area (Å²) < 4.78 is 0. The Morgan fingerprint density at radius 1 is 0.439 bits per heavy atom. The molecule has 18 N–H and O–H groups in total. The van der Waals surface area contributed by atoms with Gasteiger partial charge in [0.25, 0.3) is 0 Å². The van der Waals surface area contributed by atoms with Crippen LogP contribution in [0.25, 0.3) is 0 Å². The maximum Gasteiger partial charge on any atom is 0.310 e. The molecule has 6 rings (SSSR count). The number of imidazole rings is 2. The second-order valence-corrected chi connectivity index (χ2v) is 37.0. The van der Waals surface area contributed by atoms with Crippen molar-refractivity contribution in [2.75, 3.05) is 6.54 Å². The zero-order valence-electron chi connectivity index (χ0n) is 86.0. The predicted molar refractivity (Wildman–Crippen MR) is 512 cm³/mol. The Balaban J connectivity index is -0.000000194. The van der Waals surface area contributed by atoms with Gasteiger partial charge in [-0.3, -0.25) is 34.0 Å². The van der Waals surface area contributed by atoms with Gasteiger partial charge in [0.15, 0.2) is 11.6 Å². The smallest absolute Gasteiger partial charge is 0.310 e. The summed E-state index contributed by atoms with van der Waals surface area (Å²) in [4.78, 5) is 77.7. The molecule has 0 saturated carbocycles. The molecule has 0 radical (unpaired) electrons. The molecule has 6 heterocycles. The number of tetrazole rings is 3. The zero-order chi connectivity index (χ0) is 98.2. The number of hydrazine groups is 1. The molecule has 33 nitrogen and oxygen atoms in total. The highest BCUT2D eigenvalue weighted by molar-refractivity contribution is 5.88. The third-order valence-corrected chi connectivity index (χ3v) is 15.4. The number of carbonyl (C=O) groups excluding carboxylic acids is 5. The van der Waals surface area contributed by atoms with Crippen LogP contribution in [0.1, 0.15) is 413 Å². The topological polar surface area (TPSA) is 507 Å². The molecule has 123 heavy (non-hydrogen) atoms. The SMILES string of the molecule is CC(C)/C=C(\O)C(C)C.CC(C)C(N)=O.CC(C)C(N)=O.CC(C)C1=NNNC1.CC(C)CC(=O)C(C)C.CC(C)N=C(N)C(C)C.CC(C)N=C(N)C(C)C.CC(C)NC(=O)C(C)C.CC(C)NC(=O)C(C)C.CC(C)c1cnc(C(C)C)[nH]1.CC(C)c1cnc(C(C)C)[nH]1.CC(C)c1n[nH][n+](C(C)C)n1.CC(C)c1nn[nH]n1.CC(C)c1nn[nH]n1. The van der Waals surface area contributed by atoms with E-state index in [0.717, 1.165) is 53.8 Å². The molecular formula is C90H186N27O6+. The van der Waals surface area contributed by atoms with Crippen LogP contribution in [0.4, 0.5) is 0 Å². The fraction of sp³-hybridized carbons (Fsp3) is 0.789. The molecule has 0 aliphatic carbocycles. The average molecular weight is 1740 g/mol. The van der Waals surface area contributed by atoms with E-state index in [0.29, 0.717) is 101 Å². The minimum atomic E-state index is -0.241. The summed E-state index contributed by atoms with van der Waals surface area (Å²) in [5.74, 6) is 13.0. The van der Waals surface area contributed by atoms with Gasteiger partial charge in [-0.1, -0.05) is 264 Å². The minimum absolute atomic E-state index is 0.00926. The Labute approximate surface area is 746 Å². The number of H-pyrrole nitrogens is 5.